The van der Waals surface area contributed by atoms with Crippen LogP contribution in [-0.4, -0.2) is 13.6 Å². The number of para-hydroxylation sites is 1. The summed E-state index contributed by atoms with van der Waals surface area (Å²) < 4.78 is 0. The highest BCUT2D eigenvalue weighted by molar-refractivity contribution is 5.69. The first-order valence-electron chi connectivity index (χ1n) is 7.68. The minimum atomic E-state index is 0.347. The fourth-order valence-electron chi connectivity index (χ4n) is 2.89. The lowest BCUT2D eigenvalue weighted by Crippen LogP contribution is -2.21. The van der Waals surface area contributed by atoms with Gasteiger partial charge in [-0.25, -0.2) is 0 Å². The molecule has 1 atom stereocenters. The lowest BCUT2D eigenvalue weighted by molar-refractivity contribution is 0.598. The van der Waals surface area contributed by atoms with Crippen LogP contribution in [-0.2, 0) is 0 Å². The van der Waals surface area contributed by atoms with Crippen molar-refractivity contribution in [2.75, 3.05) is 18.5 Å². The average molecular weight is 282 g/mol. The predicted molar refractivity (Wildman–Crippen MR) is 92.5 cm³/mol. The third kappa shape index (κ3) is 3.45. The monoisotopic (exact) mass is 282 g/mol. The maximum atomic E-state index is 3.51. The molecule has 0 saturated heterocycles. The standard InChI is InChI=1S/C19H26N2/c1-6-20-16(4)17-9-7-8-10-19(17)21(5)18-12-11-14(2)13-15(18)3/h7-13,16,20H,6H2,1-5H3. The number of benzene rings is 2. The third-order valence-corrected chi connectivity index (χ3v) is 3.99. The lowest BCUT2D eigenvalue weighted by atomic mass is 10.0. The van der Waals surface area contributed by atoms with Crippen molar-refractivity contribution < 1.29 is 0 Å². The first-order chi connectivity index (χ1) is 10.0. The molecule has 0 radical (unpaired) electrons. The SMILES string of the molecule is CCNC(C)c1ccccc1N(C)c1ccc(C)cc1C. The number of nitrogens with one attached hydrogen (secondary N) is 1. The molecule has 1 N–H and O–H groups in total. The van der Waals surface area contributed by atoms with E-state index in [1.807, 2.05) is 0 Å². The van der Waals surface area contributed by atoms with Gasteiger partial charge in [-0.15, -0.1) is 0 Å². The number of hydrogen-bond acceptors (Lipinski definition) is 2. The van der Waals surface area contributed by atoms with Gasteiger partial charge in [-0.2, -0.15) is 0 Å². The van der Waals surface area contributed by atoms with E-state index in [2.05, 4.69) is 87.4 Å². The van der Waals surface area contributed by atoms with Crippen molar-refractivity contribution in [3.8, 4) is 0 Å². The van der Waals surface area contributed by atoms with Gasteiger partial charge in [-0.1, -0.05) is 42.8 Å². The molecule has 0 fully saturated rings. The molecule has 21 heavy (non-hydrogen) atoms. The lowest BCUT2D eigenvalue weighted by Gasteiger charge is -2.27. The van der Waals surface area contributed by atoms with E-state index in [0.717, 1.165) is 6.54 Å². The zero-order valence-electron chi connectivity index (χ0n) is 13.8. The molecule has 2 aromatic carbocycles. The van der Waals surface area contributed by atoms with Crippen molar-refractivity contribution in [3.05, 3.63) is 59.2 Å². The van der Waals surface area contributed by atoms with Gasteiger partial charge in [0.2, 0.25) is 0 Å². The van der Waals surface area contributed by atoms with Crippen molar-refractivity contribution in [1.82, 2.24) is 5.32 Å². The minimum absolute atomic E-state index is 0.347. The molecule has 1 unspecified atom stereocenters. The van der Waals surface area contributed by atoms with Crippen LogP contribution in [0.2, 0.25) is 0 Å². The molecular weight excluding hydrogens is 256 g/mol. The normalized spacial score (nSPS) is 12.2. The van der Waals surface area contributed by atoms with E-state index in [0.29, 0.717) is 6.04 Å². The van der Waals surface area contributed by atoms with E-state index in [9.17, 15) is 0 Å². The van der Waals surface area contributed by atoms with Crippen LogP contribution in [0.1, 0.15) is 36.6 Å². The van der Waals surface area contributed by atoms with Crippen molar-refractivity contribution in [2.24, 2.45) is 0 Å². The van der Waals surface area contributed by atoms with Gasteiger partial charge in [0.05, 0.1) is 0 Å². The Morgan fingerprint density at radius 2 is 1.76 bits per heavy atom. The molecule has 2 nitrogen and oxygen atoms in total. The van der Waals surface area contributed by atoms with Crippen LogP contribution < -0.4 is 10.2 Å². The van der Waals surface area contributed by atoms with Crippen LogP contribution in [0.15, 0.2) is 42.5 Å². The maximum Gasteiger partial charge on any atom is 0.0456 e. The molecule has 0 amide bonds. The number of nitrogens with zero attached hydrogens (tertiary/aromatic N) is 1. The molecule has 0 aromatic heterocycles. The van der Waals surface area contributed by atoms with Crippen LogP contribution in [0.5, 0.6) is 0 Å². The number of anilines is 2. The van der Waals surface area contributed by atoms with Crippen molar-refractivity contribution >= 4 is 11.4 Å². The van der Waals surface area contributed by atoms with E-state index in [1.165, 1.54) is 28.1 Å². The number of hydrogen-bond donors (Lipinski definition) is 1. The van der Waals surface area contributed by atoms with Gasteiger partial charge in [-0.3, -0.25) is 0 Å². The average Bonchev–Trinajstić information content (AvgIpc) is 2.47. The molecule has 112 valence electrons. The summed E-state index contributed by atoms with van der Waals surface area (Å²) in [5.74, 6) is 0. The maximum absolute atomic E-state index is 3.51. The number of rotatable bonds is 5. The Kier molecular flexibility index (Phi) is 5.03. The summed E-state index contributed by atoms with van der Waals surface area (Å²) in [6.07, 6.45) is 0. The largest absolute Gasteiger partial charge is 0.344 e. The van der Waals surface area contributed by atoms with E-state index < -0.39 is 0 Å². The first kappa shape index (κ1) is 15.6. The molecule has 0 heterocycles. The highest BCUT2D eigenvalue weighted by Crippen LogP contribution is 2.32. The van der Waals surface area contributed by atoms with Gasteiger partial charge < -0.3 is 10.2 Å². The van der Waals surface area contributed by atoms with E-state index in [-0.39, 0.29) is 0 Å². The molecule has 0 aliphatic rings. The van der Waals surface area contributed by atoms with Gasteiger partial charge in [0.15, 0.2) is 0 Å². The molecule has 0 aliphatic carbocycles. The molecule has 2 heteroatoms. The molecule has 0 saturated carbocycles. The highest BCUT2D eigenvalue weighted by Gasteiger charge is 2.14. The Morgan fingerprint density at radius 1 is 1.05 bits per heavy atom. The van der Waals surface area contributed by atoms with Gasteiger partial charge >= 0.3 is 0 Å². The fraction of sp³-hybridized carbons (Fsp3) is 0.368. The Labute approximate surface area is 128 Å². The van der Waals surface area contributed by atoms with Crippen molar-refractivity contribution in [1.29, 1.82) is 0 Å². The van der Waals surface area contributed by atoms with Crippen LogP contribution in [0.3, 0.4) is 0 Å². The molecule has 0 aliphatic heterocycles. The first-order valence-corrected chi connectivity index (χ1v) is 7.68. The second kappa shape index (κ2) is 6.77. The summed E-state index contributed by atoms with van der Waals surface area (Å²) in [6.45, 7) is 9.65. The fourth-order valence-corrected chi connectivity index (χ4v) is 2.89. The quantitative estimate of drug-likeness (QED) is 0.852. The zero-order valence-corrected chi connectivity index (χ0v) is 13.8. The Balaban J connectivity index is 2.41. The summed E-state index contributed by atoms with van der Waals surface area (Å²) in [5.41, 5.74) is 6.47. The molecule has 2 rings (SSSR count). The van der Waals surface area contributed by atoms with E-state index >= 15 is 0 Å². The third-order valence-electron chi connectivity index (χ3n) is 3.99. The second-order valence-corrected chi connectivity index (χ2v) is 5.69. The van der Waals surface area contributed by atoms with Gasteiger partial charge in [-0.05, 0) is 50.6 Å². The Hall–Kier alpha value is -1.80. The van der Waals surface area contributed by atoms with Crippen LogP contribution >= 0.6 is 0 Å². The summed E-state index contributed by atoms with van der Waals surface area (Å²) in [7, 11) is 2.15. The van der Waals surface area contributed by atoms with Crippen molar-refractivity contribution in [2.45, 2.75) is 33.7 Å². The molecule has 0 bridgehead atoms. The number of aryl methyl sites for hydroxylation is 2. The Bertz CT molecular complexity index is 604. The minimum Gasteiger partial charge on any atom is -0.344 e. The Morgan fingerprint density at radius 3 is 2.43 bits per heavy atom. The van der Waals surface area contributed by atoms with E-state index in [4.69, 9.17) is 0 Å². The van der Waals surface area contributed by atoms with Gasteiger partial charge in [0.1, 0.15) is 0 Å². The van der Waals surface area contributed by atoms with Crippen LogP contribution in [0, 0.1) is 13.8 Å². The smallest absolute Gasteiger partial charge is 0.0456 e. The molecular formula is C19H26N2. The predicted octanol–water partition coefficient (Wildman–Crippen LogP) is 4.74. The van der Waals surface area contributed by atoms with E-state index in [1.54, 1.807) is 0 Å². The van der Waals surface area contributed by atoms with Gasteiger partial charge in [0.25, 0.3) is 0 Å². The highest BCUT2D eigenvalue weighted by atomic mass is 15.1. The zero-order chi connectivity index (χ0) is 15.4. The van der Waals surface area contributed by atoms with Crippen LogP contribution in [0.4, 0.5) is 11.4 Å². The molecule has 2 aromatic rings. The summed E-state index contributed by atoms with van der Waals surface area (Å²) in [4.78, 5) is 2.29. The molecule has 0 spiro atoms. The second-order valence-electron chi connectivity index (χ2n) is 5.69. The summed E-state index contributed by atoms with van der Waals surface area (Å²) in [6, 6.07) is 15.6. The summed E-state index contributed by atoms with van der Waals surface area (Å²) in [5, 5.41) is 3.51. The van der Waals surface area contributed by atoms with Crippen LogP contribution in [0.25, 0.3) is 0 Å². The van der Waals surface area contributed by atoms with Crippen molar-refractivity contribution in [3.63, 3.8) is 0 Å². The van der Waals surface area contributed by atoms with Gasteiger partial charge in [0, 0.05) is 24.5 Å². The summed E-state index contributed by atoms with van der Waals surface area (Å²) >= 11 is 0. The topological polar surface area (TPSA) is 15.3 Å².